The summed E-state index contributed by atoms with van der Waals surface area (Å²) in [6.45, 7) is 2.82. The molecule has 0 aliphatic carbocycles. The average molecular weight is 363 g/mol. The molecule has 8 nitrogen and oxygen atoms in total. The number of hydrogen-bond donors (Lipinski definition) is 1. The van der Waals surface area contributed by atoms with Gasteiger partial charge in [-0.15, -0.1) is 0 Å². The fraction of sp³-hybridized carbons (Fsp3) is 0.556. The Hall–Kier alpha value is -2.48. The first-order valence-corrected chi connectivity index (χ1v) is 8.65. The van der Waals surface area contributed by atoms with E-state index < -0.39 is 11.5 Å². The number of likely N-dealkylation sites (N-methyl/N-ethyl adjacent to an activating group) is 1. The van der Waals surface area contributed by atoms with Crippen LogP contribution in [-0.2, 0) is 16.1 Å². The summed E-state index contributed by atoms with van der Waals surface area (Å²) >= 11 is 0. The molecule has 2 aliphatic heterocycles. The van der Waals surface area contributed by atoms with Crippen LogP contribution < -0.4 is 15.2 Å². The molecule has 1 atom stereocenters. The Kier molecular flexibility index (Phi) is 5.22. The van der Waals surface area contributed by atoms with E-state index in [1.165, 1.54) is 0 Å². The van der Waals surface area contributed by atoms with Gasteiger partial charge in [0.15, 0.2) is 18.1 Å². The molecule has 2 aliphatic rings. The normalized spacial score (nSPS) is 23.2. The van der Waals surface area contributed by atoms with Gasteiger partial charge < -0.3 is 24.8 Å². The van der Waals surface area contributed by atoms with Crippen LogP contribution >= 0.6 is 0 Å². The van der Waals surface area contributed by atoms with Crippen LogP contribution in [0.2, 0.25) is 0 Å². The van der Waals surface area contributed by atoms with Crippen molar-refractivity contribution in [3.05, 3.63) is 23.8 Å². The maximum atomic E-state index is 11.8. The molecule has 1 spiro atoms. The summed E-state index contributed by atoms with van der Waals surface area (Å²) in [7, 11) is 3.33. The molecule has 2 amide bonds. The van der Waals surface area contributed by atoms with Gasteiger partial charge in [0.05, 0.1) is 13.7 Å². The van der Waals surface area contributed by atoms with Crippen molar-refractivity contribution in [3.8, 4) is 11.5 Å². The molecule has 142 valence electrons. The van der Waals surface area contributed by atoms with Crippen molar-refractivity contribution in [2.75, 3.05) is 40.4 Å². The van der Waals surface area contributed by atoms with Gasteiger partial charge in [0, 0.05) is 20.1 Å². The zero-order chi connectivity index (χ0) is 18.7. The van der Waals surface area contributed by atoms with Crippen LogP contribution in [0.1, 0.15) is 18.4 Å². The summed E-state index contributed by atoms with van der Waals surface area (Å²) in [6, 6.07) is 5.61. The predicted octanol–water partition coefficient (Wildman–Crippen LogP) is 0.976. The third kappa shape index (κ3) is 4.01. The van der Waals surface area contributed by atoms with Crippen LogP contribution in [-0.4, -0.2) is 67.8 Å². The highest BCUT2D eigenvalue weighted by molar-refractivity contribution is 5.75. The molecule has 2 heterocycles. The van der Waals surface area contributed by atoms with E-state index in [4.69, 9.17) is 19.9 Å². The van der Waals surface area contributed by atoms with Crippen molar-refractivity contribution in [1.82, 2.24) is 9.80 Å². The van der Waals surface area contributed by atoms with Gasteiger partial charge in [0.25, 0.3) is 5.91 Å². The Balaban J connectivity index is 1.66. The fourth-order valence-corrected chi connectivity index (χ4v) is 3.67. The van der Waals surface area contributed by atoms with Crippen molar-refractivity contribution in [3.63, 3.8) is 0 Å². The lowest BCUT2D eigenvalue weighted by atomic mass is 9.92. The van der Waals surface area contributed by atoms with E-state index in [0.29, 0.717) is 24.6 Å². The quantitative estimate of drug-likeness (QED) is 0.810. The number of hydrogen-bond acceptors (Lipinski definition) is 6. The second kappa shape index (κ2) is 7.41. The Morgan fingerprint density at radius 1 is 1.35 bits per heavy atom. The zero-order valence-corrected chi connectivity index (χ0v) is 15.2. The second-order valence-corrected chi connectivity index (χ2v) is 6.96. The molecule has 26 heavy (non-hydrogen) atoms. The Morgan fingerprint density at radius 2 is 2.15 bits per heavy atom. The molecule has 0 aromatic heterocycles. The topological polar surface area (TPSA) is 94.3 Å². The summed E-state index contributed by atoms with van der Waals surface area (Å²) < 4.78 is 16.4. The Bertz CT molecular complexity index is 695. The van der Waals surface area contributed by atoms with Gasteiger partial charge in [-0.25, -0.2) is 4.79 Å². The predicted molar refractivity (Wildman–Crippen MR) is 94.0 cm³/mol. The van der Waals surface area contributed by atoms with Crippen molar-refractivity contribution in [2.45, 2.75) is 25.0 Å². The molecule has 0 saturated carbocycles. The van der Waals surface area contributed by atoms with E-state index in [1.807, 2.05) is 12.1 Å². The van der Waals surface area contributed by atoms with Crippen molar-refractivity contribution >= 4 is 12.0 Å². The molecule has 8 heteroatoms. The molecule has 0 unspecified atom stereocenters. The highest BCUT2D eigenvalue weighted by Crippen LogP contribution is 2.33. The lowest BCUT2D eigenvalue weighted by Crippen LogP contribution is -2.50. The number of rotatable bonds is 6. The molecule has 2 N–H and O–H groups in total. The summed E-state index contributed by atoms with van der Waals surface area (Å²) in [5.74, 6) is 0.504. The van der Waals surface area contributed by atoms with E-state index in [2.05, 4.69) is 4.90 Å². The molecule has 2 fully saturated rings. The zero-order valence-electron chi connectivity index (χ0n) is 15.2. The molecule has 0 bridgehead atoms. The number of ether oxygens (including phenoxy) is 3. The summed E-state index contributed by atoms with van der Waals surface area (Å²) in [5.41, 5.74) is 5.77. The minimum atomic E-state index is -0.536. The van der Waals surface area contributed by atoms with E-state index in [-0.39, 0.29) is 12.7 Å². The molecule has 2 saturated heterocycles. The number of amides is 2. The highest BCUT2D eigenvalue weighted by Gasteiger charge is 2.46. The number of carbonyl (C=O) groups excluding carboxylic acids is 2. The highest BCUT2D eigenvalue weighted by atomic mass is 16.6. The maximum Gasteiger partial charge on any atom is 0.410 e. The van der Waals surface area contributed by atoms with E-state index in [0.717, 1.165) is 31.5 Å². The van der Waals surface area contributed by atoms with Crippen molar-refractivity contribution in [2.24, 2.45) is 5.73 Å². The van der Waals surface area contributed by atoms with Crippen LogP contribution in [0.5, 0.6) is 11.5 Å². The Labute approximate surface area is 152 Å². The SMILES string of the molecule is COc1cc(CN2CCC[C@@]3(C2)CN(C)C(=O)O3)ccc1OCC(N)=O. The van der Waals surface area contributed by atoms with Crippen molar-refractivity contribution in [1.29, 1.82) is 0 Å². The standard InChI is InChI=1S/C18H25N3O5/c1-20-11-18(26-17(20)23)6-3-7-21(12-18)9-13-4-5-14(15(8-13)24-2)25-10-16(19)22/h4-5,8H,3,6-7,9-12H2,1-2H3,(H2,19,22)/t18-/m0/s1. The van der Waals surface area contributed by atoms with Crippen LogP contribution in [0.3, 0.4) is 0 Å². The van der Waals surface area contributed by atoms with Gasteiger partial charge in [-0.3, -0.25) is 9.69 Å². The first-order chi connectivity index (χ1) is 12.4. The number of likely N-dealkylation sites (tertiary alicyclic amines) is 1. The molecule has 3 rings (SSSR count). The molecular weight excluding hydrogens is 338 g/mol. The van der Waals surface area contributed by atoms with E-state index >= 15 is 0 Å². The number of methoxy groups -OCH3 is 1. The van der Waals surface area contributed by atoms with Gasteiger partial charge in [0.1, 0.15) is 5.60 Å². The largest absolute Gasteiger partial charge is 0.493 e. The number of primary amides is 1. The van der Waals surface area contributed by atoms with Gasteiger partial charge in [-0.2, -0.15) is 0 Å². The second-order valence-electron chi connectivity index (χ2n) is 6.96. The number of nitrogens with zero attached hydrogens (tertiary/aromatic N) is 2. The first-order valence-electron chi connectivity index (χ1n) is 8.65. The molecule has 1 aromatic rings. The third-order valence-electron chi connectivity index (χ3n) is 4.76. The lowest BCUT2D eigenvalue weighted by Gasteiger charge is -2.38. The lowest BCUT2D eigenvalue weighted by molar-refractivity contribution is -0.119. The average Bonchev–Trinajstić information content (AvgIpc) is 2.86. The van der Waals surface area contributed by atoms with Crippen molar-refractivity contribution < 1.29 is 23.8 Å². The summed E-state index contributed by atoms with van der Waals surface area (Å²) in [6.07, 6.45) is 1.63. The summed E-state index contributed by atoms with van der Waals surface area (Å²) in [4.78, 5) is 26.6. The minimum absolute atomic E-state index is 0.191. The number of nitrogens with two attached hydrogens (primary N) is 1. The fourth-order valence-electron chi connectivity index (χ4n) is 3.67. The monoisotopic (exact) mass is 363 g/mol. The maximum absolute atomic E-state index is 11.8. The number of benzene rings is 1. The van der Waals surface area contributed by atoms with Crippen LogP contribution in [0.15, 0.2) is 18.2 Å². The van der Waals surface area contributed by atoms with E-state index in [9.17, 15) is 9.59 Å². The third-order valence-corrected chi connectivity index (χ3v) is 4.76. The minimum Gasteiger partial charge on any atom is -0.493 e. The van der Waals surface area contributed by atoms with Gasteiger partial charge in [-0.1, -0.05) is 6.07 Å². The van der Waals surface area contributed by atoms with Gasteiger partial charge >= 0.3 is 6.09 Å². The number of carbonyl (C=O) groups is 2. The molecule has 1 aromatic carbocycles. The molecular formula is C18H25N3O5. The van der Waals surface area contributed by atoms with Crippen LogP contribution in [0, 0.1) is 0 Å². The Morgan fingerprint density at radius 3 is 2.81 bits per heavy atom. The number of piperidine rings is 1. The van der Waals surface area contributed by atoms with E-state index in [1.54, 1.807) is 25.1 Å². The van der Waals surface area contributed by atoms with Crippen LogP contribution in [0.25, 0.3) is 0 Å². The van der Waals surface area contributed by atoms with Crippen LogP contribution in [0.4, 0.5) is 4.79 Å². The first kappa shape index (κ1) is 18.3. The van der Waals surface area contributed by atoms with Gasteiger partial charge in [-0.05, 0) is 37.1 Å². The molecule has 0 radical (unpaired) electrons. The smallest absolute Gasteiger partial charge is 0.410 e. The van der Waals surface area contributed by atoms with Gasteiger partial charge in [0.2, 0.25) is 0 Å². The summed E-state index contributed by atoms with van der Waals surface area (Å²) in [5, 5.41) is 0.